The van der Waals surface area contributed by atoms with Gasteiger partial charge in [-0.25, -0.2) is 0 Å². The van der Waals surface area contributed by atoms with E-state index in [0.29, 0.717) is 6.61 Å². The van der Waals surface area contributed by atoms with Crippen LogP contribution in [0.4, 0.5) is 0 Å². The van der Waals surface area contributed by atoms with Gasteiger partial charge in [-0.1, -0.05) is 36.4 Å². The Morgan fingerprint density at radius 2 is 1.68 bits per heavy atom. The van der Waals surface area contributed by atoms with Gasteiger partial charge in [-0.15, -0.1) is 0 Å². The summed E-state index contributed by atoms with van der Waals surface area (Å²) in [7, 11) is 0. The predicted octanol–water partition coefficient (Wildman–Crippen LogP) is 3.78. The molecule has 100 valence electrons. The van der Waals surface area contributed by atoms with Crippen LogP contribution in [0.25, 0.3) is 0 Å². The van der Waals surface area contributed by atoms with Crippen LogP contribution in [0.3, 0.4) is 0 Å². The number of aliphatic hydroxyl groups excluding tert-OH is 1. The van der Waals surface area contributed by atoms with Gasteiger partial charge in [-0.2, -0.15) is 0 Å². The fourth-order valence-electron chi connectivity index (χ4n) is 2.23. The van der Waals surface area contributed by atoms with Gasteiger partial charge in [-0.3, -0.25) is 0 Å². The van der Waals surface area contributed by atoms with Crippen molar-refractivity contribution in [1.29, 1.82) is 0 Å². The van der Waals surface area contributed by atoms with Crippen molar-refractivity contribution in [2.45, 2.75) is 26.9 Å². The highest BCUT2D eigenvalue weighted by atomic mass is 16.5. The molecule has 0 bridgehead atoms. The van der Waals surface area contributed by atoms with E-state index in [4.69, 9.17) is 4.74 Å². The summed E-state index contributed by atoms with van der Waals surface area (Å²) in [6.07, 6.45) is -0.650. The minimum atomic E-state index is -0.650. The van der Waals surface area contributed by atoms with E-state index in [-0.39, 0.29) is 0 Å². The van der Waals surface area contributed by atoms with Gasteiger partial charge in [0.1, 0.15) is 11.9 Å². The molecule has 0 fully saturated rings. The molecule has 2 aromatic rings. The van der Waals surface area contributed by atoms with E-state index in [1.165, 1.54) is 5.56 Å². The van der Waals surface area contributed by atoms with Crippen LogP contribution in [0, 0.1) is 13.8 Å². The van der Waals surface area contributed by atoms with E-state index in [2.05, 4.69) is 13.0 Å². The second-order valence-electron chi connectivity index (χ2n) is 4.66. The van der Waals surface area contributed by atoms with Crippen molar-refractivity contribution in [2.24, 2.45) is 0 Å². The Kier molecular flexibility index (Phi) is 4.23. The summed E-state index contributed by atoms with van der Waals surface area (Å²) >= 11 is 0. The van der Waals surface area contributed by atoms with Gasteiger partial charge in [0, 0.05) is 5.56 Å². The lowest BCUT2D eigenvalue weighted by Gasteiger charge is -2.18. The highest BCUT2D eigenvalue weighted by molar-refractivity contribution is 5.44. The van der Waals surface area contributed by atoms with Crippen molar-refractivity contribution < 1.29 is 9.84 Å². The van der Waals surface area contributed by atoms with E-state index in [0.717, 1.165) is 22.4 Å². The van der Waals surface area contributed by atoms with E-state index < -0.39 is 6.10 Å². The number of hydrogen-bond donors (Lipinski definition) is 1. The summed E-state index contributed by atoms with van der Waals surface area (Å²) in [5.41, 5.74) is 4.07. The summed E-state index contributed by atoms with van der Waals surface area (Å²) in [4.78, 5) is 0. The summed E-state index contributed by atoms with van der Waals surface area (Å²) in [5.74, 6) is 0.749. The number of ether oxygens (including phenoxy) is 1. The average molecular weight is 256 g/mol. The van der Waals surface area contributed by atoms with Crippen molar-refractivity contribution in [3.8, 4) is 5.75 Å². The molecule has 2 aromatic carbocycles. The summed E-state index contributed by atoms with van der Waals surface area (Å²) in [6.45, 7) is 6.63. The molecule has 0 spiro atoms. The molecule has 0 aliphatic heterocycles. The second kappa shape index (κ2) is 5.89. The van der Waals surface area contributed by atoms with E-state index in [1.807, 2.05) is 50.2 Å². The smallest absolute Gasteiger partial charge is 0.125 e. The van der Waals surface area contributed by atoms with Crippen molar-refractivity contribution in [3.05, 3.63) is 64.7 Å². The third-order valence-electron chi connectivity index (χ3n) is 3.45. The highest BCUT2D eigenvalue weighted by Gasteiger charge is 2.17. The molecule has 0 saturated heterocycles. The molecule has 1 atom stereocenters. The van der Waals surface area contributed by atoms with Crippen molar-refractivity contribution >= 4 is 0 Å². The number of hydrogen-bond acceptors (Lipinski definition) is 2. The van der Waals surface area contributed by atoms with Crippen molar-refractivity contribution in [2.75, 3.05) is 6.61 Å². The molecule has 0 aromatic heterocycles. The Morgan fingerprint density at radius 1 is 1.00 bits per heavy atom. The SMILES string of the molecule is CCOc1ccccc1C(O)c1cccc(C)c1C. The largest absolute Gasteiger partial charge is 0.493 e. The molecule has 0 heterocycles. The topological polar surface area (TPSA) is 29.5 Å². The van der Waals surface area contributed by atoms with Crippen LogP contribution in [0.5, 0.6) is 5.75 Å². The van der Waals surface area contributed by atoms with Crippen LogP contribution >= 0.6 is 0 Å². The Hall–Kier alpha value is -1.80. The first-order valence-corrected chi connectivity index (χ1v) is 6.61. The lowest BCUT2D eigenvalue weighted by molar-refractivity contribution is 0.211. The molecule has 0 aliphatic carbocycles. The number of aryl methyl sites for hydroxylation is 1. The maximum absolute atomic E-state index is 10.6. The zero-order valence-electron chi connectivity index (χ0n) is 11.7. The molecule has 1 N–H and O–H groups in total. The first-order valence-electron chi connectivity index (χ1n) is 6.61. The Morgan fingerprint density at radius 3 is 2.42 bits per heavy atom. The zero-order chi connectivity index (χ0) is 13.8. The molecule has 19 heavy (non-hydrogen) atoms. The first kappa shape index (κ1) is 13.6. The van der Waals surface area contributed by atoms with E-state index in [9.17, 15) is 5.11 Å². The fourth-order valence-corrected chi connectivity index (χ4v) is 2.23. The molecule has 0 aliphatic rings. The van der Waals surface area contributed by atoms with Crippen LogP contribution in [0.15, 0.2) is 42.5 Å². The molecule has 2 nitrogen and oxygen atoms in total. The van der Waals surface area contributed by atoms with Gasteiger partial charge in [0.05, 0.1) is 6.61 Å². The van der Waals surface area contributed by atoms with Gasteiger partial charge in [0.2, 0.25) is 0 Å². The van der Waals surface area contributed by atoms with Gasteiger partial charge < -0.3 is 9.84 Å². The van der Waals surface area contributed by atoms with E-state index >= 15 is 0 Å². The Bertz CT molecular complexity index is 561. The first-order chi connectivity index (χ1) is 9.15. The van der Waals surface area contributed by atoms with Gasteiger partial charge in [-0.05, 0) is 43.5 Å². The quantitative estimate of drug-likeness (QED) is 0.902. The summed E-state index contributed by atoms with van der Waals surface area (Å²) in [6, 6.07) is 13.7. The Labute approximate surface area is 114 Å². The lowest BCUT2D eigenvalue weighted by Crippen LogP contribution is -2.06. The molecule has 0 saturated carbocycles. The lowest BCUT2D eigenvalue weighted by atomic mass is 9.94. The highest BCUT2D eigenvalue weighted by Crippen LogP contribution is 2.32. The number of rotatable bonds is 4. The standard InChI is InChI=1S/C17H20O2/c1-4-19-16-11-6-5-9-15(16)17(18)14-10-7-8-12(2)13(14)3/h5-11,17-18H,4H2,1-3H3. The van der Waals surface area contributed by atoms with Gasteiger partial charge in [0.15, 0.2) is 0 Å². The molecular formula is C17H20O2. The van der Waals surface area contributed by atoms with Crippen LogP contribution < -0.4 is 4.74 Å². The molecule has 2 rings (SSSR count). The van der Waals surface area contributed by atoms with Gasteiger partial charge in [0.25, 0.3) is 0 Å². The summed E-state index contributed by atoms with van der Waals surface area (Å²) in [5, 5.41) is 10.6. The molecule has 0 amide bonds. The number of para-hydroxylation sites is 1. The van der Waals surface area contributed by atoms with Crippen LogP contribution in [-0.2, 0) is 0 Å². The van der Waals surface area contributed by atoms with Crippen LogP contribution in [0.1, 0.15) is 35.3 Å². The molecule has 1 unspecified atom stereocenters. The maximum atomic E-state index is 10.6. The molecule has 0 radical (unpaired) electrons. The molecule has 2 heteroatoms. The minimum Gasteiger partial charge on any atom is -0.493 e. The Balaban J connectivity index is 2.44. The third kappa shape index (κ3) is 2.79. The van der Waals surface area contributed by atoms with Crippen LogP contribution in [0.2, 0.25) is 0 Å². The number of aliphatic hydroxyl groups is 1. The van der Waals surface area contributed by atoms with Crippen LogP contribution in [-0.4, -0.2) is 11.7 Å². The zero-order valence-corrected chi connectivity index (χ0v) is 11.7. The summed E-state index contributed by atoms with van der Waals surface area (Å²) < 4.78 is 5.59. The van der Waals surface area contributed by atoms with Crippen molar-refractivity contribution in [3.63, 3.8) is 0 Å². The van der Waals surface area contributed by atoms with Gasteiger partial charge >= 0.3 is 0 Å². The van der Waals surface area contributed by atoms with Crippen molar-refractivity contribution in [1.82, 2.24) is 0 Å². The molecular weight excluding hydrogens is 236 g/mol. The maximum Gasteiger partial charge on any atom is 0.125 e. The monoisotopic (exact) mass is 256 g/mol. The fraction of sp³-hybridized carbons (Fsp3) is 0.294. The predicted molar refractivity (Wildman–Crippen MR) is 77.6 cm³/mol. The third-order valence-corrected chi connectivity index (χ3v) is 3.45. The van der Waals surface area contributed by atoms with E-state index in [1.54, 1.807) is 0 Å². The normalized spacial score (nSPS) is 12.2. The minimum absolute atomic E-state index is 0.594. The average Bonchev–Trinajstić information content (AvgIpc) is 2.42. The second-order valence-corrected chi connectivity index (χ2v) is 4.66. The number of benzene rings is 2.